The lowest BCUT2D eigenvalue weighted by atomic mass is 9.77. The second kappa shape index (κ2) is 14.0. The van der Waals surface area contributed by atoms with Crippen molar-refractivity contribution in [3.63, 3.8) is 0 Å². The van der Waals surface area contributed by atoms with Crippen molar-refractivity contribution < 1.29 is 31.8 Å². The molecule has 0 heterocycles. The maximum absolute atomic E-state index is 15.2. The molecule has 3 nitrogen and oxygen atoms in total. The van der Waals surface area contributed by atoms with Crippen molar-refractivity contribution in [3.8, 4) is 0 Å². The topological polar surface area (TPSA) is 27.7 Å². The van der Waals surface area contributed by atoms with Crippen molar-refractivity contribution in [3.05, 3.63) is 71.2 Å². The van der Waals surface area contributed by atoms with Crippen LogP contribution in [-0.4, -0.2) is 26.4 Å². The number of ether oxygens (including phenoxy) is 3. The lowest BCUT2D eigenvalue weighted by Crippen LogP contribution is -2.22. The number of unbranched alkanes of at least 4 members (excludes halogenated alkanes) is 1. The molecule has 0 N–H and O–H groups in total. The molecule has 2 saturated carbocycles. The number of benzene rings is 1. The lowest BCUT2D eigenvalue weighted by Gasteiger charge is -2.31. The van der Waals surface area contributed by atoms with E-state index in [4.69, 9.17) is 9.47 Å². The molecule has 0 saturated heterocycles. The smallest absolute Gasteiger partial charge is 0.203 e. The first-order valence-corrected chi connectivity index (χ1v) is 13.5. The first-order chi connectivity index (χ1) is 17.8. The quantitative estimate of drug-likeness (QED) is 0.118. The molecule has 1 aromatic carbocycles. The Labute approximate surface area is 218 Å². The molecule has 0 aromatic heterocycles. The summed E-state index contributed by atoms with van der Waals surface area (Å²) in [7, 11) is 1.19. The molecule has 1 aromatic rings. The normalized spacial score (nSPS) is 24.8. The van der Waals surface area contributed by atoms with Crippen LogP contribution in [-0.2, 0) is 14.2 Å². The minimum Gasteiger partial charge on any atom is -0.494 e. The van der Waals surface area contributed by atoms with Gasteiger partial charge in [0.15, 0.2) is 23.2 Å². The first kappa shape index (κ1) is 29.3. The van der Waals surface area contributed by atoms with Crippen molar-refractivity contribution in [1.29, 1.82) is 0 Å². The van der Waals surface area contributed by atoms with E-state index in [1.807, 2.05) is 0 Å². The summed E-state index contributed by atoms with van der Waals surface area (Å²) in [6.07, 6.45) is 8.50. The molecule has 206 valence electrons. The third-order valence-corrected chi connectivity index (χ3v) is 7.82. The SMILES string of the molecule is C=C(OC)/C(F)=C(/F)C(=C)OCC1CCC(c2ccc(C3CCC(OCCCC)CC3)c(F)c2F)CC1. The van der Waals surface area contributed by atoms with Gasteiger partial charge in [0.05, 0.1) is 19.8 Å². The van der Waals surface area contributed by atoms with Crippen LogP contribution in [0.25, 0.3) is 0 Å². The summed E-state index contributed by atoms with van der Waals surface area (Å²) in [6, 6.07) is 3.53. The highest BCUT2D eigenvalue weighted by Gasteiger charge is 2.30. The Hall–Kier alpha value is -2.28. The summed E-state index contributed by atoms with van der Waals surface area (Å²) in [6.45, 7) is 9.78. The molecular weight excluding hydrogens is 484 g/mol. The first-order valence-electron chi connectivity index (χ1n) is 13.5. The predicted octanol–water partition coefficient (Wildman–Crippen LogP) is 8.92. The summed E-state index contributed by atoms with van der Waals surface area (Å²) in [5, 5.41) is 0. The number of hydrogen-bond acceptors (Lipinski definition) is 3. The Bertz CT molecular complexity index is 958. The van der Waals surface area contributed by atoms with Gasteiger partial charge in [0.2, 0.25) is 11.7 Å². The third kappa shape index (κ3) is 7.62. The minimum atomic E-state index is -1.24. The van der Waals surface area contributed by atoms with Crippen LogP contribution in [0.5, 0.6) is 0 Å². The molecule has 0 spiro atoms. The van der Waals surface area contributed by atoms with E-state index < -0.39 is 34.8 Å². The van der Waals surface area contributed by atoms with E-state index in [1.54, 1.807) is 12.1 Å². The fourth-order valence-corrected chi connectivity index (χ4v) is 5.40. The molecule has 0 bridgehead atoms. The standard InChI is InChI=1S/C30H40F4O3/c1-5-6-17-36-24-13-11-23(12-14-24)26-16-15-25(29(33)30(26)34)22-9-7-21(8-10-22)18-37-20(3)28(32)27(31)19(2)35-4/h15-16,21-24H,2-3,5-14,17-18H2,1,4H3/b28-27-. The summed E-state index contributed by atoms with van der Waals surface area (Å²) >= 11 is 0. The van der Waals surface area contributed by atoms with Gasteiger partial charge in [-0.15, -0.1) is 0 Å². The van der Waals surface area contributed by atoms with E-state index in [0.29, 0.717) is 36.8 Å². The molecule has 0 atom stereocenters. The van der Waals surface area contributed by atoms with Gasteiger partial charge >= 0.3 is 0 Å². The Morgan fingerprint density at radius 1 is 0.838 bits per heavy atom. The maximum Gasteiger partial charge on any atom is 0.203 e. The van der Waals surface area contributed by atoms with Crippen LogP contribution >= 0.6 is 0 Å². The molecule has 37 heavy (non-hydrogen) atoms. The molecule has 2 fully saturated rings. The molecule has 0 unspecified atom stereocenters. The van der Waals surface area contributed by atoms with Gasteiger partial charge in [0, 0.05) is 6.61 Å². The van der Waals surface area contributed by atoms with Gasteiger partial charge in [-0.25, -0.2) is 8.78 Å². The van der Waals surface area contributed by atoms with Gasteiger partial charge in [-0.3, -0.25) is 0 Å². The van der Waals surface area contributed by atoms with E-state index >= 15 is 8.78 Å². The Balaban J connectivity index is 1.51. The highest BCUT2D eigenvalue weighted by atomic mass is 19.2. The molecule has 0 aliphatic heterocycles. The molecule has 0 radical (unpaired) electrons. The largest absolute Gasteiger partial charge is 0.494 e. The van der Waals surface area contributed by atoms with Gasteiger partial charge in [-0.1, -0.05) is 38.6 Å². The zero-order valence-corrected chi connectivity index (χ0v) is 22.1. The van der Waals surface area contributed by atoms with Crippen LogP contribution in [0, 0.1) is 17.6 Å². The van der Waals surface area contributed by atoms with Crippen molar-refractivity contribution in [2.75, 3.05) is 20.3 Å². The number of rotatable bonds is 12. The average Bonchev–Trinajstić information content (AvgIpc) is 2.93. The van der Waals surface area contributed by atoms with Crippen molar-refractivity contribution in [2.24, 2.45) is 5.92 Å². The molecule has 0 amide bonds. The second-order valence-corrected chi connectivity index (χ2v) is 10.3. The molecule has 2 aliphatic rings. The Morgan fingerprint density at radius 3 is 1.86 bits per heavy atom. The Morgan fingerprint density at radius 2 is 1.35 bits per heavy atom. The van der Waals surface area contributed by atoms with E-state index in [2.05, 4.69) is 24.8 Å². The van der Waals surface area contributed by atoms with Crippen LogP contribution in [0.15, 0.2) is 48.5 Å². The monoisotopic (exact) mass is 524 g/mol. The zero-order valence-electron chi connectivity index (χ0n) is 22.1. The van der Waals surface area contributed by atoms with Gasteiger partial charge in [-0.2, -0.15) is 8.78 Å². The third-order valence-electron chi connectivity index (χ3n) is 7.82. The molecule has 7 heteroatoms. The van der Waals surface area contributed by atoms with E-state index in [1.165, 1.54) is 7.11 Å². The van der Waals surface area contributed by atoms with E-state index in [0.717, 1.165) is 45.1 Å². The van der Waals surface area contributed by atoms with Crippen molar-refractivity contribution >= 4 is 0 Å². The van der Waals surface area contributed by atoms with Crippen molar-refractivity contribution in [2.45, 2.75) is 89.1 Å². The van der Waals surface area contributed by atoms with Crippen LogP contribution < -0.4 is 0 Å². The second-order valence-electron chi connectivity index (χ2n) is 10.3. The van der Waals surface area contributed by atoms with Crippen LogP contribution in [0.1, 0.15) is 94.1 Å². The summed E-state index contributed by atoms with van der Waals surface area (Å²) in [5.41, 5.74) is 0.906. The number of methoxy groups -OCH3 is 1. The molecule has 2 aliphatic carbocycles. The predicted molar refractivity (Wildman–Crippen MR) is 137 cm³/mol. The zero-order chi connectivity index (χ0) is 26.9. The number of hydrogen-bond donors (Lipinski definition) is 0. The van der Waals surface area contributed by atoms with Gasteiger partial charge in [-0.05, 0) is 86.7 Å². The van der Waals surface area contributed by atoms with E-state index in [9.17, 15) is 8.78 Å². The fraction of sp³-hybridized carbons (Fsp3) is 0.600. The van der Waals surface area contributed by atoms with Crippen LogP contribution in [0.4, 0.5) is 17.6 Å². The average molecular weight is 525 g/mol. The summed E-state index contributed by atoms with van der Waals surface area (Å²) < 4.78 is 74.0. The van der Waals surface area contributed by atoms with E-state index in [-0.39, 0.29) is 30.5 Å². The van der Waals surface area contributed by atoms with Gasteiger partial charge in [0.25, 0.3) is 0 Å². The molecular formula is C30H40F4O3. The molecule has 3 rings (SSSR count). The van der Waals surface area contributed by atoms with Crippen LogP contribution in [0.2, 0.25) is 0 Å². The highest BCUT2D eigenvalue weighted by Crippen LogP contribution is 2.41. The highest BCUT2D eigenvalue weighted by molar-refractivity contribution is 5.32. The summed E-state index contributed by atoms with van der Waals surface area (Å²) in [5.74, 6) is -4.74. The van der Waals surface area contributed by atoms with Crippen molar-refractivity contribution in [1.82, 2.24) is 0 Å². The number of allylic oxidation sites excluding steroid dienone is 2. The Kier molecular flexibility index (Phi) is 11.1. The van der Waals surface area contributed by atoms with Gasteiger partial charge in [0.1, 0.15) is 0 Å². The lowest BCUT2D eigenvalue weighted by molar-refractivity contribution is 0.0230. The maximum atomic E-state index is 15.2. The van der Waals surface area contributed by atoms with Crippen LogP contribution in [0.3, 0.4) is 0 Å². The van der Waals surface area contributed by atoms with Gasteiger partial charge < -0.3 is 14.2 Å². The number of halogens is 4. The fourth-order valence-electron chi connectivity index (χ4n) is 5.40. The minimum absolute atomic E-state index is 0.0240. The summed E-state index contributed by atoms with van der Waals surface area (Å²) in [4.78, 5) is 0.